The molecule has 0 aromatic carbocycles. The second-order valence-corrected chi connectivity index (χ2v) is 3.68. The fraction of sp³-hybridized carbons (Fsp3) is 0.250. The van der Waals surface area contributed by atoms with E-state index in [0.29, 0.717) is 5.56 Å². The van der Waals surface area contributed by atoms with Crippen molar-refractivity contribution in [2.45, 2.75) is 12.8 Å². The smallest absolute Gasteiger partial charge is 0.153 e. The van der Waals surface area contributed by atoms with Crippen LogP contribution in [-0.4, -0.2) is 21.1 Å². The van der Waals surface area contributed by atoms with Crippen LogP contribution in [0.2, 0.25) is 0 Å². The molecule has 0 saturated heterocycles. The lowest BCUT2D eigenvalue weighted by Crippen LogP contribution is -1.96. The van der Waals surface area contributed by atoms with Gasteiger partial charge in [-0.15, -0.1) is 0 Å². The number of aryl methyl sites for hydroxylation is 3. The third kappa shape index (κ3) is 2.34. The number of pyridine rings is 1. The molecule has 0 spiro atoms. The van der Waals surface area contributed by atoms with Crippen LogP contribution in [0.5, 0.6) is 0 Å². The van der Waals surface area contributed by atoms with Crippen molar-refractivity contribution in [1.29, 1.82) is 0 Å². The summed E-state index contributed by atoms with van der Waals surface area (Å²) in [6, 6.07) is 3.95. The first-order valence-electron chi connectivity index (χ1n) is 5.16. The summed E-state index contributed by atoms with van der Waals surface area (Å²) in [6.07, 6.45) is 7.80. The summed E-state index contributed by atoms with van der Waals surface area (Å²) >= 11 is 0. The van der Waals surface area contributed by atoms with Crippen molar-refractivity contribution in [3.63, 3.8) is 0 Å². The van der Waals surface area contributed by atoms with Crippen molar-refractivity contribution < 1.29 is 4.79 Å². The Kier molecular flexibility index (Phi) is 3.10. The number of nitrogens with zero attached hydrogens (tertiary/aromatic N) is 3. The minimum absolute atomic E-state index is 0.677. The van der Waals surface area contributed by atoms with Crippen molar-refractivity contribution in [3.8, 4) is 0 Å². The van der Waals surface area contributed by atoms with E-state index in [-0.39, 0.29) is 0 Å². The zero-order valence-corrected chi connectivity index (χ0v) is 9.13. The second-order valence-electron chi connectivity index (χ2n) is 3.68. The topological polar surface area (TPSA) is 47.8 Å². The number of hydrogen-bond acceptors (Lipinski definition) is 3. The van der Waals surface area contributed by atoms with Crippen molar-refractivity contribution in [1.82, 2.24) is 14.8 Å². The molecule has 0 aliphatic heterocycles. The molecule has 16 heavy (non-hydrogen) atoms. The van der Waals surface area contributed by atoms with Crippen molar-refractivity contribution >= 4 is 6.29 Å². The van der Waals surface area contributed by atoms with Gasteiger partial charge in [0.2, 0.25) is 0 Å². The van der Waals surface area contributed by atoms with Crippen LogP contribution in [0.25, 0.3) is 0 Å². The van der Waals surface area contributed by atoms with Crippen LogP contribution in [0, 0.1) is 0 Å². The molecule has 4 heteroatoms. The molecule has 0 N–H and O–H groups in total. The third-order valence-corrected chi connectivity index (χ3v) is 2.46. The number of hydrogen-bond donors (Lipinski definition) is 0. The molecule has 0 atom stereocenters. The molecule has 2 heterocycles. The van der Waals surface area contributed by atoms with Gasteiger partial charge < -0.3 is 0 Å². The highest BCUT2D eigenvalue weighted by atomic mass is 16.1. The summed E-state index contributed by atoms with van der Waals surface area (Å²) in [5.74, 6) is 0. The summed E-state index contributed by atoms with van der Waals surface area (Å²) in [7, 11) is 1.82. The highest BCUT2D eigenvalue weighted by Crippen LogP contribution is 2.08. The van der Waals surface area contributed by atoms with E-state index in [0.717, 1.165) is 24.8 Å². The van der Waals surface area contributed by atoms with E-state index in [9.17, 15) is 4.79 Å². The van der Waals surface area contributed by atoms with Crippen LogP contribution in [0.15, 0.2) is 30.7 Å². The molecule has 2 aromatic rings. The van der Waals surface area contributed by atoms with Gasteiger partial charge in [0.1, 0.15) is 0 Å². The Morgan fingerprint density at radius 2 is 2.06 bits per heavy atom. The molecule has 2 aromatic heterocycles. The highest BCUT2D eigenvalue weighted by molar-refractivity contribution is 5.75. The predicted molar refractivity (Wildman–Crippen MR) is 60.2 cm³/mol. The van der Waals surface area contributed by atoms with Gasteiger partial charge in [0.25, 0.3) is 0 Å². The van der Waals surface area contributed by atoms with E-state index in [1.165, 1.54) is 5.56 Å². The largest absolute Gasteiger partial charge is 0.298 e. The molecule has 0 aliphatic carbocycles. The van der Waals surface area contributed by atoms with E-state index < -0.39 is 0 Å². The maximum Gasteiger partial charge on any atom is 0.153 e. The van der Waals surface area contributed by atoms with Crippen molar-refractivity contribution in [2.24, 2.45) is 7.05 Å². The molecule has 0 aliphatic rings. The van der Waals surface area contributed by atoms with Gasteiger partial charge in [0.15, 0.2) is 6.29 Å². The molecular weight excluding hydrogens is 202 g/mol. The predicted octanol–water partition coefficient (Wildman–Crippen LogP) is 1.41. The van der Waals surface area contributed by atoms with Gasteiger partial charge in [0, 0.05) is 25.6 Å². The minimum Gasteiger partial charge on any atom is -0.298 e. The maximum absolute atomic E-state index is 10.8. The standard InChI is InChI=1S/C12H13N3O/c1-15-8-11(9-16)12(14-15)3-2-10-4-6-13-7-5-10/h4-9H,2-3H2,1H3. The molecule has 0 radical (unpaired) electrons. The van der Waals surface area contributed by atoms with Gasteiger partial charge in [-0.3, -0.25) is 14.5 Å². The van der Waals surface area contributed by atoms with E-state index in [4.69, 9.17) is 0 Å². The maximum atomic E-state index is 10.8. The summed E-state index contributed by atoms with van der Waals surface area (Å²) in [4.78, 5) is 14.8. The first-order chi connectivity index (χ1) is 7.79. The van der Waals surface area contributed by atoms with E-state index in [1.807, 2.05) is 19.2 Å². The van der Waals surface area contributed by atoms with Crippen LogP contribution in [-0.2, 0) is 19.9 Å². The Morgan fingerprint density at radius 1 is 1.31 bits per heavy atom. The van der Waals surface area contributed by atoms with E-state index in [1.54, 1.807) is 23.3 Å². The van der Waals surface area contributed by atoms with Crippen LogP contribution < -0.4 is 0 Å². The number of carbonyl (C=O) groups excluding carboxylic acids is 1. The fourth-order valence-electron chi connectivity index (χ4n) is 1.66. The minimum atomic E-state index is 0.677. The zero-order chi connectivity index (χ0) is 11.4. The van der Waals surface area contributed by atoms with Crippen LogP contribution in [0.1, 0.15) is 21.6 Å². The normalized spacial score (nSPS) is 10.3. The number of aromatic nitrogens is 3. The van der Waals surface area contributed by atoms with Crippen molar-refractivity contribution in [3.05, 3.63) is 47.5 Å². The van der Waals surface area contributed by atoms with Crippen LogP contribution >= 0.6 is 0 Å². The first kappa shape index (κ1) is 10.5. The van der Waals surface area contributed by atoms with Gasteiger partial charge >= 0.3 is 0 Å². The van der Waals surface area contributed by atoms with Gasteiger partial charge in [-0.05, 0) is 30.5 Å². The molecular formula is C12H13N3O. The second kappa shape index (κ2) is 4.70. The van der Waals surface area contributed by atoms with Gasteiger partial charge in [-0.2, -0.15) is 5.10 Å². The van der Waals surface area contributed by atoms with Gasteiger partial charge in [0.05, 0.1) is 11.3 Å². The Hall–Kier alpha value is -1.97. The molecule has 0 saturated carbocycles. The average molecular weight is 215 g/mol. The van der Waals surface area contributed by atoms with E-state index >= 15 is 0 Å². The summed E-state index contributed by atoms with van der Waals surface area (Å²) in [5, 5.41) is 4.27. The van der Waals surface area contributed by atoms with Crippen LogP contribution in [0.4, 0.5) is 0 Å². The lowest BCUT2D eigenvalue weighted by molar-refractivity contribution is 0.112. The quantitative estimate of drug-likeness (QED) is 0.724. The first-order valence-corrected chi connectivity index (χ1v) is 5.16. The Labute approximate surface area is 93.9 Å². The molecule has 0 fully saturated rings. The van der Waals surface area contributed by atoms with Gasteiger partial charge in [-0.1, -0.05) is 0 Å². The lowest BCUT2D eigenvalue weighted by Gasteiger charge is -1.98. The molecule has 82 valence electrons. The molecule has 0 unspecified atom stereocenters. The highest BCUT2D eigenvalue weighted by Gasteiger charge is 2.06. The monoisotopic (exact) mass is 215 g/mol. The molecule has 0 amide bonds. The number of carbonyl (C=O) groups is 1. The summed E-state index contributed by atoms with van der Waals surface area (Å²) in [5.41, 5.74) is 2.74. The fourth-order valence-corrected chi connectivity index (χ4v) is 1.66. The van der Waals surface area contributed by atoms with E-state index in [2.05, 4.69) is 10.1 Å². The number of rotatable bonds is 4. The number of aldehydes is 1. The van der Waals surface area contributed by atoms with Gasteiger partial charge in [-0.25, -0.2) is 0 Å². The molecule has 0 bridgehead atoms. The Balaban J connectivity index is 2.07. The Morgan fingerprint density at radius 3 is 2.75 bits per heavy atom. The third-order valence-electron chi connectivity index (χ3n) is 2.46. The van der Waals surface area contributed by atoms with Crippen molar-refractivity contribution in [2.75, 3.05) is 0 Å². The molecule has 2 rings (SSSR count). The zero-order valence-electron chi connectivity index (χ0n) is 9.13. The van der Waals surface area contributed by atoms with Crippen LogP contribution in [0.3, 0.4) is 0 Å². The lowest BCUT2D eigenvalue weighted by atomic mass is 10.1. The molecule has 4 nitrogen and oxygen atoms in total. The summed E-state index contributed by atoms with van der Waals surface area (Å²) < 4.78 is 1.67. The summed E-state index contributed by atoms with van der Waals surface area (Å²) in [6.45, 7) is 0. The SMILES string of the molecule is Cn1cc(C=O)c(CCc2ccncc2)n1. The Bertz CT molecular complexity index is 476. The average Bonchev–Trinajstić information content (AvgIpc) is 2.68.